The number of benzene rings is 4. The maximum absolute atomic E-state index is 13.4. The molecule has 0 radical (unpaired) electrons. The molecule has 0 aliphatic carbocycles. The fraction of sp³-hybridized carbons (Fsp3) is 0.156. The number of amides is 2. The number of hydrogen-bond donors (Lipinski definition) is 2. The van der Waals surface area contributed by atoms with Gasteiger partial charge in [-0.15, -0.1) is 0 Å². The Hall–Kier alpha value is -4.67. The van der Waals surface area contributed by atoms with Crippen molar-refractivity contribution in [3.8, 4) is 5.75 Å². The number of carbonyl (C=O) groups excluding carboxylic acids is 2. The SMILES string of the molecule is Cc1ccc(S(=O)(=O)N(CC(=O)N/N=C\c2ccc(OCC(=O)N[C@H](C)c3ccccc3)cc2)c2ccc(Cl)cc2)cc1. The van der Waals surface area contributed by atoms with Crippen LogP contribution in [0.5, 0.6) is 5.75 Å². The molecule has 1 atom stereocenters. The van der Waals surface area contributed by atoms with Crippen LogP contribution in [-0.2, 0) is 19.6 Å². The van der Waals surface area contributed by atoms with Gasteiger partial charge in [-0.3, -0.25) is 13.9 Å². The van der Waals surface area contributed by atoms with Gasteiger partial charge in [0.2, 0.25) is 0 Å². The van der Waals surface area contributed by atoms with E-state index in [4.69, 9.17) is 16.3 Å². The van der Waals surface area contributed by atoms with Crippen molar-refractivity contribution >= 4 is 45.3 Å². The number of sulfonamides is 1. The summed E-state index contributed by atoms with van der Waals surface area (Å²) < 4.78 is 33.5. The fourth-order valence-electron chi connectivity index (χ4n) is 4.01. The molecule has 9 nitrogen and oxygen atoms in total. The lowest BCUT2D eigenvalue weighted by molar-refractivity contribution is -0.123. The van der Waals surface area contributed by atoms with E-state index < -0.39 is 22.5 Å². The third-order valence-electron chi connectivity index (χ3n) is 6.34. The Morgan fingerprint density at radius 3 is 2.21 bits per heavy atom. The summed E-state index contributed by atoms with van der Waals surface area (Å²) in [5.74, 6) is -0.400. The second kappa shape index (κ2) is 14.5. The first-order valence-corrected chi connectivity index (χ1v) is 15.2. The molecular formula is C32H31ClN4O5S. The number of aryl methyl sites for hydroxylation is 1. The third-order valence-corrected chi connectivity index (χ3v) is 8.38. The first kappa shape index (κ1) is 31.3. The topological polar surface area (TPSA) is 117 Å². The number of anilines is 1. The summed E-state index contributed by atoms with van der Waals surface area (Å²) in [5, 5.41) is 7.29. The lowest BCUT2D eigenvalue weighted by Crippen LogP contribution is -2.39. The Labute approximate surface area is 256 Å². The predicted molar refractivity (Wildman–Crippen MR) is 168 cm³/mol. The smallest absolute Gasteiger partial charge is 0.264 e. The van der Waals surface area contributed by atoms with Crippen molar-refractivity contribution < 1.29 is 22.7 Å². The Kier molecular flexibility index (Phi) is 10.5. The van der Waals surface area contributed by atoms with Crippen LogP contribution in [0.2, 0.25) is 5.02 Å². The highest BCUT2D eigenvalue weighted by molar-refractivity contribution is 7.92. The molecule has 222 valence electrons. The second-order valence-electron chi connectivity index (χ2n) is 9.65. The molecule has 0 unspecified atom stereocenters. The van der Waals surface area contributed by atoms with Crippen molar-refractivity contribution in [2.45, 2.75) is 24.8 Å². The van der Waals surface area contributed by atoms with Gasteiger partial charge in [0.15, 0.2) is 6.61 Å². The van der Waals surface area contributed by atoms with Crippen LogP contribution in [0, 0.1) is 6.92 Å². The van der Waals surface area contributed by atoms with Crippen molar-refractivity contribution in [1.82, 2.24) is 10.7 Å². The maximum Gasteiger partial charge on any atom is 0.264 e. The Morgan fingerprint density at radius 1 is 0.907 bits per heavy atom. The number of ether oxygens (including phenoxy) is 1. The molecule has 43 heavy (non-hydrogen) atoms. The number of carbonyl (C=O) groups is 2. The molecule has 4 aromatic rings. The summed E-state index contributed by atoms with van der Waals surface area (Å²) in [6, 6.07) is 28.8. The highest BCUT2D eigenvalue weighted by Gasteiger charge is 2.27. The zero-order chi connectivity index (χ0) is 30.8. The summed E-state index contributed by atoms with van der Waals surface area (Å²) in [4.78, 5) is 25.1. The van der Waals surface area contributed by atoms with E-state index in [0.717, 1.165) is 15.4 Å². The highest BCUT2D eigenvalue weighted by atomic mass is 35.5. The molecule has 4 aromatic carbocycles. The molecule has 0 aliphatic heterocycles. The third kappa shape index (κ3) is 8.91. The van der Waals surface area contributed by atoms with Crippen LogP contribution >= 0.6 is 11.6 Å². The molecule has 2 amide bonds. The molecule has 0 bridgehead atoms. The van der Waals surface area contributed by atoms with Crippen molar-refractivity contribution in [3.63, 3.8) is 0 Å². The van der Waals surface area contributed by atoms with Crippen LogP contribution in [0.1, 0.15) is 29.7 Å². The minimum absolute atomic E-state index is 0.0508. The van der Waals surface area contributed by atoms with Gasteiger partial charge in [0, 0.05) is 5.02 Å². The van der Waals surface area contributed by atoms with Gasteiger partial charge < -0.3 is 10.1 Å². The van der Waals surface area contributed by atoms with E-state index in [1.807, 2.05) is 44.2 Å². The number of hydrazone groups is 1. The molecule has 0 saturated carbocycles. The Balaban J connectivity index is 1.33. The molecule has 0 aliphatic rings. The Morgan fingerprint density at radius 2 is 1.56 bits per heavy atom. The van der Waals surface area contributed by atoms with E-state index in [0.29, 0.717) is 16.3 Å². The normalized spacial score (nSPS) is 12.0. The summed E-state index contributed by atoms with van der Waals surface area (Å²) >= 11 is 5.99. The standard InChI is InChI=1S/C32H31ClN4O5S/c1-23-8-18-30(19-9-23)43(40,41)37(28-14-12-27(33)13-15-28)21-31(38)36-34-20-25-10-16-29(17-11-25)42-22-32(39)35-24(2)26-6-4-3-5-7-26/h3-20,24H,21-22H2,1-2H3,(H,35,39)(H,36,38)/b34-20-/t24-/m1/s1. The molecular weight excluding hydrogens is 588 g/mol. The maximum atomic E-state index is 13.4. The Bertz CT molecular complexity index is 1660. The van der Waals surface area contributed by atoms with Gasteiger partial charge in [0.1, 0.15) is 12.3 Å². The first-order valence-electron chi connectivity index (χ1n) is 13.4. The highest BCUT2D eigenvalue weighted by Crippen LogP contribution is 2.25. The summed E-state index contributed by atoms with van der Waals surface area (Å²) in [6.07, 6.45) is 1.41. The van der Waals surface area contributed by atoms with Gasteiger partial charge >= 0.3 is 0 Å². The zero-order valence-corrected chi connectivity index (χ0v) is 25.2. The number of nitrogens with zero attached hydrogens (tertiary/aromatic N) is 2. The minimum atomic E-state index is -4.06. The van der Waals surface area contributed by atoms with Crippen LogP contribution in [-0.4, -0.2) is 39.6 Å². The predicted octanol–water partition coefficient (Wildman–Crippen LogP) is 5.25. The van der Waals surface area contributed by atoms with Crippen LogP contribution in [0.25, 0.3) is 0 Å². The zero-order valence-electron chi connectivity index (χ0n) is 23.6. The molecule has 0 heterocycles. The van der Waals surface area contributed by atoms with Gasteiger partial charge in [-0.05, 0) is 85.6 Å². The van der Waals surface area contributed by atoms with E-state index in [1.165, 1.54) is 30.5 Å². The van der Waals surface area contributed by atoms with Crippen molar-refractivity contribution in [1.29, 1.82) is 0 Å². The van der Waals surface area contributed by atoms with Crippen LogP contribution in [0.3, 0.4) is 0 Å². The monoisotopic (exact) mass is 618 g/mol. The van der Waals surface area contributed by atoms with Gasteiger partial charge in [0.05, 0.1) is 22.8 Å². The average Bonchev–Trinajstić information content (AvgIpc) is 3.00. The lowest BCUT2D eigenvalue weighted by Gasteiger charge is -2.23. The first-order chi connectivity index (χ1) is 20.6. The summed E-state index contributed by atoms with van der Waals surface area (Å²) in [5.41, 5.74) is 5.21. The molecule has 0 saturated heterocycles. The average molecular weight is 619 g/mol. The van der Waals surface area contributed by atoms with E-state index in [-0.39, 0.29) is 29.1 Å². The molecule has 0 fully saturated rings. The minimum Gasteiger partial charge on any atom is -0.484 e. The van der Waals surface area contributed by atoms with E-state index in [1.54, 1.807) is 48.5 Å². The van der Waals surface area contributed by atoms with Gasteiger partial charge in [0.25, 0.3) is 21.8 Å². The van der Waals surface area contributed by atoms with Crippen LogP contribution < -0.4 is 19.8 Å². The largest absolute Gasteiger partial charge is 0.484 e. The van der Waals surface area contributed by atoms with Crippen molar-refractivity contribution in [2.75, 3.05) is 17.5 Å². The van der Waals surface area contributed by atoms with E-state index in [9.17, 15) is 18.0 Å². The van der Waals surface area contributed by atoms with Gasteiger partial charge in [-0.25, -0.2) is 13.8 Å². The lowest BCUT2D eigenvalue weighted by atomic mass is 10.1. The summed E-state index contributed by atoms with van der Waals surface area (Å²) in [6.45, 7) is 3.11. The van der Waals surface area contributed by atoms with Crippen LogP contribution in [0.4, 0.5) is 5.69 Å². The van der Waals surface area contributed by atoms with E-state index >= 15 is 0 Å². The van der Waals surface area contributed by atoms with Crippen molar-refractivity contribution in [2.24, 2.45) is 5.10 Å². The summed E-state index contributed by atoms with van der Waals surface area (Å²) in [7, 11) is -4.06. The molecule has 0 spiro atoms. The number of hydrogen-bond acceptors (Lipinski definition) is 6. The molecule has 2 N–H and O–H groups in total. The van der Waals surface area contributed by atoms with Crippen LogP contribution in [0.15, 0.2) is 113 Å². The van der Waals surface area contributed by atoms with Crippen molar-refractivity contribution in [3.05, 3.63) is 125 Å². The number of halogens is 1. The number of rotatable bonds is 12. The molecule has 4 rings (SSSR count). The van der Waals surface area contributed by atoms with Gasteiger partial charge in [-0.1, -0.05) is 59.6 Å². The number of nitrogens with one attached hydrogen (secondary N) is 2. The quantitative estimate of drug-likeness (QED) is 0.166. The second-order valence-corrected chi connectivity index (χ2v) is 12.0. The molecule has 11 heteroatoms. The van der Waals surface area contributed by atoms with E-state index in [2.05, 4.69) is 15.8 Å². The van der Waals surface area contributed by atoms with Gasteiger partial charge in [-0.2, -0.15) is 5.10 Å². The molecule has 0 aromatic heterocycles. The fourth-order valence-corrected chi connectivity index (χ4v) is 5.56.